The Morgan fingerprint density at radius 2 is 1.71 bits per heavy atom. The van der Waals surface area contributed by atoms with E-state index in [4.69, 9.17) is 4.42 Å². The quantitative estimate of drug-likeness (QED) is 0.718. The zero-order valence-corrected chi connectivity index (χ0v) is 12.3. The van der Waals surface area contributed by atoms with Crippen molar-refractivity contribution in [1.29, 1.82) is 0 Å². The molecule has 0 amide bonds. The molecule has 0 aliphatic heterocycles. The van der Waals surface area contributed by atoms with E-state index in [-0.39, 0.29) is 6.04 Å². The fourth-order valence-corrected chi connectivity index (χ4v) is 2.55. The summed E-state index contributed by atoms with van der Waals surface area (Å²) in [4.78, 5) is 0. The lowest BCUT2D eigenvalue weighted by molar-refractivity contribution is 0.499. The number of anilines is 1. The second-order valence-corrected chi connectivity index (χ2v) is 5.32. The number of nitrogens with one attached hydrogen (secondary N) is 1. The normalized spacial score (nSPS) is 12.1. The summed E-state index contributed by atoms with van der Waals surface area (Å²) in [5.74, 6) is 0.918. The van der Waals surface area contributed by atoms with Gasteiger partial charge in [0, 0.05) is 5.69 Å². The molecule has 106 valence electrons. The Morgan fingerprint density at radius 1 is 0.905 bits per heavy atom. The van der Waals surface area contributed by atoms with E-state index in [0.717, 1.165) is 11.4 Å². The molecule has 0 radical (unpaired) electrons. The molecule has 0 fully saturated rings. The second kappa shape index (κ2) is 5.88. The molecule has 1 aromatic heterocycles. The van der Waals surface area contributed by atoms with Gasteiger partial charge in [-0.2, -0.15) is 0 Å². The van der Waals surface area contributed by atoms with Gasteiger partial charge in [-0.3, -0.25) is 0 Å². The van der Waals surface area contributed by atoms with Crippen molar-refractivity contribution in [1.82, 2.24) is 0 Å². The lowest BCUT2D eigenvalue weighted by atomic mass is 10.0. The van der Waals surface area contributed by atoms with Crippen molar-refractivity contribution >= 4 is 5.69 Å². The fourth-order valence-electron chi connectivity index (χ4n) is 2.55. The van der Waals surface area contributed by atoms with Gasteiger partial charge in [-0.15, -0.1) is 0 Å². The van der Waals surface area contributed by atoms with Gasteiger partial charge in [0.1, 0.15) is 11.8 Å². The molecule has 3 rings (SSSR count). The Balaban J connectivity index is 1.97. The van der Waals surface area contributed by atoms with E-state index in [1.54, 1.807) is 6.26 Å². The number of aryl methyl sites for hydroxylation is 2. The maximum absolute atomic E-state index is 5.62. The van der Waals surface area contributed by atoms with Crippen LogP contribution in [0.3, 0.4) is 0 Å². The summed E-state index contributed by atoms with van der Waals surface area (Å²) in [6, 6.07) is 20.7. The highest BCUT2D eigenvalue weighted by Crippen LogP contribution is 2.28. The zero-order chi connectivity index (χ0) is 14.7. The standard InChI is InChI=1S/C19H19NO/c1-14-10-11-17(15(2)13-14)20-19(18-9-6-12-21-18)16-7-4-3-5-8-16/h3-13,19-20H,1-2H3. The first-order valence-corrected chi connectivity index (χ1v) is 7.16. The van der Waals surface area contributed by atoms with E-state index in [2.05, 4.69) is 61.6 Å². The number of hydrogen-bond donors (Lipinski definition) is 1. The second-order valence-electron chi connectivity index (χ2n) is 5.32. The molecule has 0 spiro atoms. The Morgan fingerprint density at radius 3 is 2.38 bits per heavy atom. The van der Waals surface area contributed by atoms with Crippen LogP contribution in [0.25, 0.3) is 0 Å². The van der Waals surface area contributed by atoms with Crippen LogP contribution in [0.15, 0.2) is 71.3 Å². The Hall–Kier alpha value is -2.48. The first-order valence-electron chi connectivity index (χ1n) is 7.16. The van der Waals surface area contributed by atoms with Crippen LogP contribution in [-0.2, 0) is 0 Å². The highest BCUT2D eigenvalue weighted by Gasteiger charge is 2.17. The molecule has 0 aliphatic rings. The van der Waals surface area contributed by atoms with E-state index >= 15 is 0 Å². The van der Waals surface area contributed by atoms with Crippen molar-refractivity contribution in [3.05, 3.63) is 89.4 Å². The van der Waals surface area contributed by atoms with Gasteiger partial charge >= 0.3 is 0 Å². The lowest BCUT2D eigenvalue weighted by Crippen LogP contribution is -2.12. The molecule has 1 unspecified atom stereocenters. The average Bonchev–Trinajstić information content (AvgIpc) is 3.01. The Bertz CT molecular complexity index is 702. The third-order valence-corrected chi connectivity index (χ3v) is 3.64. The van der Waals surface area contributed by atoms with Gasteiger partial charge in [-0.25, -0.2) is 0 Å². The van der Waals surface area contributed by atoms with E-state index in [1.165, 1.54) is 16.7 Å². The molecule has 1 atom stereocenters. The molecule has 21 heavy (non-hydrogen) atoms. The van der Waals surface area contributed by atoms with E-state index in [1.807, 2.05) is 18.2 Å². The Kier molecular flexibility index (Phi) is 3.78. The number of hydrogen-bond acceptors (Lipinski definition) is 2. The fraction of sp³-hybridized carbons (Fsp3) is 0.158. The van der Waals surface area contributed by atoms with Gasteiger partial charge in [-0.1, -0.05) is 48.0 Å². The van der Waals surface area contributed by atoms with Crippen molar-refractivity contribution in [2.24, 2.45) is 0 Å². The number of benzene rings is 2. The predicted octanol–water partition coefficient (Wildman–Crippen LogP) is 5.10. The summed E-state index contributed by atoms with van der Waals surface area (Å²) in [5, 5.41) is 3.60. The van der Waals surface area contributed by atoms with Gasteiger partial charge in [0.15, 0.2) is 0 Å². The minimum atomic E-state index is 0.0163. The molecule has 1 N–H and O–H groups in total. The largest absolute Gasteiger partial charge is 0.467 e. The van der Waals surface area contributed by atoms with E-state index < -0.39 is 0 Å². The maximum Gasteiger partial charge on any atom is 0.130 e. The number of rotatable bonds is 4. The van der Waals surface area contributed by atoms with Crippen LogP contribution in [0.4, 0.5) is 5.69 Å². The van der Waals surface area contributed by atoms with E-state index in [0.29, 0.717) is 0 Å². The minimum Gasteiger partial charge on any atom is -0.467 e. The SMILES string of the molecule is Cc1ccc(NC(c2ccccc2)c2ccco2)c(C)c1. The van der Waals surface area contributed by atoms with Crippen LogP contribution in [0.1, 0.15) is 28.5 Å². The average molecular weight is 277 g/mol. The lowest BCUT2D eigenvalue weighted by Gasteiger charge is -2.20. The molecule has 2 heteroatoms. The molecule has 2 nitrogen and oxygen atoms in total. The van der Waals surface area contributed by atoms with Crippen molar-refractivity contribution in [2.75, 3.05) is 5.32 Å². The van der Waals surface area contributed by atoms with Gasteiger partial charge in [0.05, 0.1) is 6.26 Å². The van der Waals surface area contributed by atoms with Crippen molar-refractivity contribution in [3.63, 3.8) is 0 Å². The van der Waals surface area contributed by atoms with Crippen LogP contribution in [0.2, 0.25) is 0 Å². The summed E-state index contributed by atoms with van der Waals surface area (Å²) in [6.45, 7) is 4.23. The smallest absolute Gasteiger partial charge is 0.130 e. The third-order valence-electron chi connectivity index (χ3n) is 3.64. The molecule has 0 aliphatic carbocycles. The topological polar surface area (TPSA) is 25.2 Å². The van der Waals surface area contributed by atoms with Crippen LogP contribution in [0.5, 0.6) is 0 Å². The highest BCUT2D eigenvalue weighted by molar-refractivity contribution is 5.54. The predicted molar refractivity (Wildman–Crippen MR) is 86.5 cm³/mol. The summed E-state index contributed by atoms with van der Waals surface area (Å²) in [7, 11) is 0. The first-order chi connectivity index (χ1) is 10.2. The van der Waals surface area contributed by atoms with Crippen molar-refractivity contribution < 1.29 is 4.42 Å². The maximum atomic E-state index is 5.62. The summed E-state index contributed by atoms with van der Waals surface area (Å²) in [5.41, 5.74) is 4.83. The van der Waals surface area contributed by atoms with Crippen molar-refractivity contribution in [2.45, 2.75) is 19.9 Å². The van der Waals surface area contributed by atoms with Crippen molar-refractivity contribution in [3.8, 4) is 0 Å². The van der Waals surface area contributed by atoms with E-state index in [9.17, 15) is 0 Å². The molecule has 0 saturated heterocycles. The molecular weight excluding hydrogens is 258 g/mol. The molecular formula is C19H19NO. The van der Waals surface area contributed by atoms with Gasteiger partial charge in [0.2, 0.25) is 0 Å². The first kappa shape index (κ1) is 13.5. The van der Waals surface area contributed by atoms with Crippen LogP contribution < -0.4 is 5.32 Å². The monoisotopic (exact) mass is 277 g/mol. The highest BCUT2D eigenvalue weighted by atomic mass is 16.3. The van der Waals surface area contributed by atoms with Gasteiger partial charge in [0.25, 0.3) is 0 Å². The molecule has 2 aromatic carbocycles. The van der Waals surface area contributed by atoms with Gasteiger partial charge < -0.3 is 9.73 Å². The molecule has 1 heterocycles. The summed E-state index contributed by atoms with van der Waals surface area (Å²) in [6.07, 6.45) is 1.72. The summed E-state index contributed by atoms with van der Waals surface area (Å²) < 4.78 is 5.62. The summed E-state index contributed by atoms with van der Waals surface area (Å²) >= 11 is 0. The zero-order valence-electron chi connectivity index (χ0n) is 12.3. The van der Waals surface area contributed by atoms with Crippen LogP contribution in [-0.4, -0.2) is 0 Å². The van der Waals surface area contributed by atoms with Gasteiger partial charge in [-0.05, 0) is 43.2 Å². The molecule has 0 bridgehead atoms. The Labute approximate surface area is 125 Å². The number of furan rings is 1. The molecule has 0 saturated carbocycles. The van der Waals surface area contributed by atoms with Crippen LogP contribution in [0, 0.1) is 13.8 Å². The van der Waals surface area contributed by atoms with Crippen LogP contribution >= 0.6 is 0 Å². The third kappa shape index (κ3) is 3.00. The molecule has 3 aromatic rings. The minimum absolute atomic E-state index is 0.0163.